The van der Waals surface area contributed by atoms with Crippen molar-refractivity contribution in [2.75, 3.05) is 0 Å². The van der Waals surface area contributed by atoms with E-state index in [-0.39, 0.29) is 17.2 Å². The summed E-state index contributed by atoms with van der Waals surface area (Å²) < 4.78 is 0. The number of alkyl halides is 1. The summed E-state index contributed by atoms with van der Waals surface area (Å²) in [4.78, 5) is 10.2. The highest BCUT2D eigenvalue weighted by Gasteiger charge is 2.22. The number of rotatable bonds is 3. The van der Waals surface area contributed by atoms with Crippen LogP contribution in [0.15, 0.2) is 0 Å². The van der Waals surface area contributed by atoms with Gasteiger partial charge in [-0.3, -0.25) is 4.79 Å². The van der Waals surface area contributed by atoms with E-state index in [1.54, 1.807) is 0 Å². The average Bonchev–Trinajstić information content (AvgIpc) is 1.80. The fourth-order valence-electron chi connectivity index (χ4n) is 0.683. The van der Waals surface area contributed by atoms with Crippen LogP contribution in [0.4, 0.5) is 0 Å². The van der Waals surface area contributed by atoms with Crippen molar-refractivity contribution in [3.05, 3.63) is 0 Å². The molecule has 0 heterocycles. The number of carbonyl (C=O) groups is 1. The van der Waals surface area contributed by atoms with Crippen molar-refractivity contribution in [2.24, 2.45) is 5.41 Å². The van der Waals surface area contributed by atoms with Gasteiger partial charge in [0.25, 0.3) is 0 Å². The van der Waals surface area contributed by atoms with Gasteiger partial charge in [0.15, 0.2) is 0 Å². The molecule has 1 atom stereocenters. The molecule has 0 bridgehead atoms. The molecule has 0 aliphatic carbocycles. The minimum Gasteiger partial charge on any atom is -0.481 e. The molecule has 0 saturated heterocycles. The lowest BCUT2D eigenvalue weighted by Crippen LogP contribution is -2.21. The second-order valence-corrected chi connectivity index (χ2v) is 4.29. The molecule has 0 aromatic heterocycles. The van der Waals surface area contributed by atoms with Crippen LogP contribution >= 0.6 is 11.6 Å². The molecular weight excluding hydrogens is 164 g/mol. The van der Waals surface area contributed by atoms with Crippen molar-refractivity contribution >= 4 is 17.6 Å². The molecule has 0 fully saturated rings. The van der Waals surface area contributed by atoms with Crippen LogP contribution in [0.5, 0.6) is 0 Å². The summed E-state index contributed by atoms with van der Waals surface area (Å²) in [6, 6.07) is 0. The van der Waals surface area contributed by atoms with Gasteiger partial charge in [0, 0.05) is 11.8 Å². The molecule has 0 amide bonds. The third kappa shape index (κ3) is 5.08. The number of carboxylic acids is 1. The minimum atomic E-state index is -0.778. The van der Waals surface area contributed by atoms with Crippen LogP contribution in [0.25, 0.3) is 0 Å². The van der Waals surface area contributed by atoms with Crippen LogP contribution in [0.2, 0.25) is 0 Å². The first-order valence-corrected chi connectivity index (χ1v) is 4.13. The third-order valence-electron chi connectivity index (χ3n) is 1.55. The van der Waals surface area contributed by atoms with Crippen LogP contribution in [0, 0.1) is 5.41 Å². The molecule has 0 radical (unpaired) electrons. The molecule has 0 rings (SSSR count). The van der Waals surface area contributed by atoms with Crippen molar-refractivity contribution in [3.8, 4) is 0 Å². The number of hydrogen-bond donors (Lipinski definition) is 1. The Kier molecular flexibility index (Phi) is 3.87. The van der Waals surface area contributed by atoms with Crippen LogP contribution in [0.1, 0.15) is 33.6 Å². The maximum Gasteiger partial charge on any atom is 0.303 e. The Balaban J connectivity index is 3.70. The van der Waals surface area contributed by atoms with E-state index in [2.05, 4.69) is 0 Å². The summed E-state index contributed by atoms with van der Waals surface area (Å²) in [7, 11) is 0. The number of aliphatic carboxylic acids is 1. The lowest BCUT2D eigenvalue weighted by atomic mass is 9.89. The quantitative estimate of drug-likeness (QED) is 0.675. The molecule has 0 saturated carbocycles. The van der Waals surface area contributed by atoms with E-state index in [0.717, 1.165) is 0 Å². The summed E-state index contributed by atoms with van der Waals surface area (Å²) in [5, 5.41) is 8.31. The van der Waals surface area contributed by atoms with Gasteiger partial charge in [-0.2, -0.15) is 0 Å². The van der Waals surface area contributed by atoms with Gasteiger partial charge in [-0.1, -0.05) is 20.8 Å². The van der Waals surface area contributed by atoms with Crippen molar-refractivity contribution < 1.29 is 9.90 Å². The van der Waals surface area contributed by atoms with Gasteiger partial charge in [-0.05, 0) is 11.8 Å². The van der Waals surface area contributed by atoms with Gasteiger partial charge in [0.1, 0.15) is 0 Å². The number of halogens is 1. The molecule has 11 heavy (non-hydrogen) atoms. The van der Waals surface area contributed by atoms with E-state index in [1.165, 1.54) is 0 Å². The predicted octanol–water partition coefficient (Wildman–Crippen LogP) is 2.50. The maximum absolute atomic E-state index is 10.2. The van der Waals surface area contributed by atoms with Gasteiger partial charge >= 0.3 is 5.97 Å². The summed E-state index contributed by atoms with van der Waals surface area (Å²) in [6.07, 6.45) is 0.700. The first-order chi connectivity index (χ1) is 4.84. The Morgan fingerprint density at radius 2 is 2.00 bits per heavy atom. The average molecular weight is 179 g/mol. The van der Waals surface area contributed by atoms with Gasteiger partial charge in [-0.25, -0.2) is 0 Å². The van der Waals surface area contributed by atoms with Crippen LogP contribution in [-0.2, 0) is 4.79 Å². The lowest BCUT2D eigenvalue weighted by Gasteiger charge is -2.24. The Morgan fingerprint density at radius 1 is 1.55 bits per heavy atom. The molecule has 1 unspecified atom stereocenters. The van der Waals surface area contributed by atoms with E-state index < -0.39 is 5.97 Å². The van der Waals surface area contributed by atoms with E-state index in [9.17, 15) is 4.79 Å². The molecule has 0 aromatic carbocycles. The van der Waals surface area contributed by atoms with Gasteiger partial charge in [0.2, 0.25) is 0 Å². The summed E-state index contributed by atoms with van der Waals surface area (Å²) >= 11 is 5.94. The van der Waals surface area contributed by atoms with E-state index in [4.69, 9.17) is 16.7 Å². The summed E-state index contributed by atoms with van der Waals surface area (Å²) in [5.41, 5.74) is -0.00297. The Bertz CT molecular complexity index is 138. The largest absolute Gasteiger partial charge is 0.481 e. The predicted molar refractivity (Wildman–Crippen MR) is 46.0 cm³/mol. The van der Waals surface area contributed by atoms with Crippen LogP contribution < -0.4 is 0 Å². The number of carboxylic acid groups (broad SMARTS) is 1. The second-order valence-electron chi connectivity index (χ2n) is 3.77. The number of hydrogen-bond acceptors (Lipinski definition) is 1. The lowest BCUT2D eigenvalue weighted by molar-refractivity contribution is -0.137. The van der Waals surface area contributed by atoms with Crippen molar-refractivity contribution in [1.82, 2.24) is 0 Å². The molecule has 1 N–H and O–H groups in total. The van der Waals surface area contributed by atoms with Crippen molar-refractivity contribution in [2.45, 2.75) is 39.0 Å². The third-order valence-corrected chi connectivity index (χ3v) is 2.42. The molecule has 0 aromatic rings. The molecular formula is C8H15ClO2. The standard InChI is InChI=1S/C8H15ClO2/c1-8(2,3)6(9)4-5-7(10)11/h6H,4-5H2,1-3H3,(H,10,11). The highest BCUT2D eigenvalue weighted by atomic mass is 35.5. The topological polar surface area (TPSA) is 37.3 Å². The molecule has 0 spiro atoms. The first kappa shape index (κ1) is 10.8. The van der Waals surface area contributed by atoms with E-state index in [0.29, 0.717) is 6.42 Å². The highest BCUT2D eigenvalue weighted by Crippen LogP contribution is 2.27. The van der Waals surface area contributed by atoms with E-state index >= 15 is 0 Å². The zero-order chi connectivity index (χ0) is 9.07. The molecule has 66 valence electrons. The monoisotopic (exact) mass is 178 g/mol. The Labute approximate surface area is 72.6 Å². The van der Waals surface area contributed by atoms with Gasteiger partial charge < -0.3 is 5.11 Å². The van der Waals surface area contributed by atoms with Crippen LogP contribution in [0.3, 0.4) is 0 Å². The fraction of sp³-hybridized carbons (Fsp3) is 0.875. The molecule has 0 aliphatic heterocycles. The Hall–Kier alpha value is -0.240. The first-order valence-electron chi connectivity index (χ1n) is 3.70. The van der Waals surface area contributed by atoms with Gasteiger partial charge in [0.05, 0.1) is 0 Å². The second kappa shape index (κ2) is 3.96. The van der Waals surface area contributed by atoms with E-state index in [1.807, 2.05) is 20.8 Å². The minimum absolute atomic E-state index is 0.00297. The van der Waals surface area contributed by atoms with Crippen molar-refractivity contribution in [3.63, 3.8) is 0 Å². The van der Waals surface area contributed by atoms with Crippen LogP contribution in [-0.4, -0.2) is 16.5 Å². The normalized spacial score (nSPS) is 14.5. The summed E-state index contributed by atoms with van der Waals surface area (Å²) in [6.45, 7) is 6.02. The zero-order valence-electron chi connectivity index (χ0n) is 7.22. The van der Waals surface area contributed by atoms with Gasteiger partial charge in [-0.15, -0.1) is 11.6 Å². The molecule has 3 heteroatoms. The SMILES string of the molecule is CC(C)(C)C(Cl)CCC(=O)O. The highest BCUT2D eigenvalue weighted by molar-refractivity contribution is 6.21. The smallest absolute Gasteiger partial charge is 0.303 e. The fourth-order valence-corrected chi connectivity index (χ4v) is 0.792. The van der Waals surface area contributed by atoms with Crippen molar-refractivity contribution in [1.29, 1.82) is 0 Å². The molecule has 0 aliphatic rings. The summed E-state index contributed by atoms with van der Waals surface area (Å²) in [5.74, 6) is -0.778. The maximum atomic E-state index is 10.2. The molecule has 2 nitrogen and oxygen atoms in total. The zero-order valence-corrected chi connectivity index (χ0v) is 7.98. The Morgan fingerprint density at radius 3 is 2.27 bits per heavy atom.